The fourth-order valence-electron chi connectivity index (χ4n) is 6.89. The minimum atomic E-state index is 0.424. The summed E-state index contributed by atoms with van der Waals surface area (Å²) < 4.78 is 0.848. The maximum Gasteiger partial charge on any atom is 0.0475 e. The van der Waals surface area contributed by atoms with Crippen LogP contribution in [0.25, 0.3) is 0 Å². The van der Waals surface area contributed by atoms with Crippen LogP contribution in [-0.2, 0) is 0 Å². The van der Waals surface area contributed by atoms with Crippen molar-refractivity contribution in [3.05, 3.63) is 0 Å². The van der Waals surface area contributed by atoms with E-state index < -0.39 is 0 Å². The van der Waals surface area contributed by atoms with Crippen LogP contribution in [0.4, 0.5) is 0 Å². The molecule has 0 bridgehead atoms. The molecular weight excluding hydrogens is 400 g/mol. The van der Waals surface area contributed by atoms with E-state index in [4.69, 9.17) is 0 Å². The Kier molecular flexibility index (Phi) is 4.75. The first kappa shape index (κ1) is 16.4. The third-order valence-electron chi connectivity index (χ3n) is 7.83. The third kappa shape index (κ3) is 2.25. The van der Waals surface area contributed by atoms with Crippen molar-refractivity contribution in [1.29, 1.82) is 0 Å². The van der Waals surface area contributed by atoms with E-state index in [1.165, 1.54) is 89.9 Å². The van der Waals surface area contributed by atoms with Crippen LogP contribution in [0.3, 0.4) is 0 Å². The molecule has 0 aromatic carbocycles. The van der Waals surface area contributed by atoms with Gasteiger partial charge >= 0.3 is 0 Å². The van der Waals surface area contributed by atoms with E-state index in [0.29, 0.717) is 8.65 Å². The fraction of sp³-hybridized carbons (Fsp3) is 1.00. The van der Waals surface area contributed by atoms with Crippen LogP contribution in [0.1, 0.15) is 89.9 Å². The molecule has 0 saturated heterocycles. The van der Waals surface area contributed by atoms with Crippen molar-refractivity contribution in [3.8, 4) is 0 Å². The Morgan fingerprint density at radius 2 is 0.773 bits per heavy atom. The average Bonchev–Trinajstić information content (AvgIpc) is 2.62. The Morgan fingerprint density at radius 1 is 0.455 bits per heavy atom. The van der Waals surface area contributed by atoms with Gasteiger partial charge in [0, 0.05) is 8.65 Å². The van der Waals surface area contributed by atoms with Gasteiger partial charge in [0.05, 0.1) is 0 Å². The zero-order valence-electron chi connectivity index (χ0n) is 14.0. The van der Waals surface area contributed by atoms with Gasteiger partial charge in [-0.25, -0.2) is 0 Å². The predicted molar refractivity (Wildman–Crippen MR) is 102 cm³/mol. The van der Waals surface area contributed by atoms with Crippen LogP contribution in [0.15, 0.2) is 0 Å². The van der Waals surface area contributed by atoms with Crippen LogP contribution in [-0.4, -0.2) is 8.65 Å². The predicted octanol–water partition coefficient (Wildman–Crippen LogP) is 7.23. The molecule has 0 aromatic heterocycles. The summed E-state index contributed by atoms with van der Waals surface area (Å²) >= 11 is 8.96. The van der Waals surface area contributed by atoms with Gasteiger partial charge in [-0.15, -0.1) is 0 Å². The summed E-state index contributed by atoms with van der Waals surface area (Å²) in [5.74, 6) is 3.79. The molecule has 4 aliphatic carbocycles. The number of fused-ring (bicyclic) bond motifs is 1. The van der Waals surface area contributed by atoms with E-state index >= 15 is 0 Å². The Bertz CT molecular complexity index is 339. The summed E-state index contributed by atoms with van der Waals surface area (Å²) in [5, 5.41) is 0. The SMILES string of the molecule is BrC1(C2CCCCC2)C2CCCCC2C1(Br)C1CCCCC1. The van der Waals surface area contributed by atoms with E-state index in [1.807, 2.05) is 0 Å². The van der Waals surface area contributed by atoms with Crippen molar-refractivity contribution in [3.63, 3.8) is 0 Å². The summed E-state index contributed by atoms with van der Waals surface area (Å²) in [6.45, 7) is 0. The average molecular weight is 432 g/mol. The lowest BCUT2D eigenvalue weighted by atomic mass is 9.43. The van der Waals surface area contributed by atoms with Gasteiger partial charge in [-0.05, 0) is 62.2 Å². The van der Waals surface area contributed by atoms with Gasteiger partial charge in [0.2, 0.25) is 0 Å². The molecule has 4 saturated carbocycles. The van der Waals surface area contributed by atoms with Gasteiger partial charge in [-0.2, -0.15) is 0 Å². The van der Waals surface area contributed by atoms with Crippen LogP contribution < -0.4 is 0 Å². The molecule has 4 atom stereocenters. The first-order valence-electron chi connectivity index (χ1n) is 10.1. The highest BCUT2D eigenvalue weighted by atomic mass is 79.9. The maximum absolute atomic E-state index is 4.48. The molecule has 22 heavy (non-hydrogen) atoms. The minimum absolute atomic E-state index is 0.424. The molecule has 126 valence electrons. The number of halogens is 2. The number of alkyl halides is 2. The van der Waals surface area contributed by atoms with Crippen molar-refractivity contribution in [2.75, 3.05) is 0 Å². The Morgan fingerprint density at radius 3 is 1.14 bits per heavy atom. The molecule has 4 fully saturated rings. The van der Waals surface area contributed by atoms with Crippen LogP contribution in [0.5, 0.6) is 0 Å². The van der Waals surface area contributed by atoms with Crippen molar-refractivity contribution in [2.45, 2.75) is 98.5 Å². The third-order valence-corrected chi connectivity index (χ3v) is 12.1. The quantitative estimate of drug-likeness (QED) is 0.404. The van der Waals surface area contributed by atoms with Gasteiger partial charge in [0.15, 0.2) is 0 Å². The number of hydrogen-bond donors (Lipinski definition) is 0. The molecule has 4 unspecified atom stereocenters. The summed E-state index contributed by atoms with van der Waals surface area (Å²) in [7, 11) is 0. The smallest absolute Gasteiger partial charge is 0.0475 e. The van der Waals surface area contributed by atoms with Gasteiger partial charge in [-0.3, -0.25) is 0 Å². The molecule has 0 N–H and O–H groups in total. The fourth-order valence-corrected chi connectivity index (χ4v) is 10.1. The summed E-state index contributed by atoms with van der Waals surface area (Å²) in [4.78, 5) is 0. The Balaban J connectivity index is 1.65. The molecule has 0 aromatic rings. The summed E-state index contributed by atoms with van der Waals surface area (Å²) in [6.07, 6.45) is 20.7. The Hall–Kier alpha value is 0.960. The second-order valence-corrected chi connectivity index (χ2v) is 11.3. The summed E-state index contributed by atoms with van der Waals surface area (Å²) in [5.41, 5.74) is 0. The number of rotatable bonds is 2. The first-order chi connectivity index (χ1) is 10.7. The monoisotopic (exact) mass is 430 g/mol. The molecule has 0 nitrogen and oxygen atoms in total. The van der Waals surface area contributed by atoms with E-state index in [2.05, 4.69) is 31.9 Å². The van der Waals surface area contributed by atoms with E-state index in [-0.39, 0.29) is 0 Å². The Labute approximate surface area is 153 Å². The highest BCUT2D eigenvalue weighted by Crippen LogP contribution is 2.74. The molecule has 0 heterocycles. The molecule has 4 aliphatic rings. The van der Waals surface area contributed by atoms with E-state index in [9.17, 15) is 0 Å². The zero-order chi connectivity index (χ0) is 15.2. The highest BCUT2D eigenvalue weighted by molar-refractivity contribution is 9.13. The zero-order valence-corrected chi connectivity index (χ0v) is 17.1. The van der Waals surface area contributed by atoms with E-state index in [1.54, 1.807) is 0 Å². The van der Waals surface area contributed by atoms with Gasteiger partial charge in [-0.1, -0.05) is 83.2 Å². The molecule has 0 amide bonds. The maximum atomic E-state index is 4.48. The van der Waals surface area contributed by atoms with Crippen LogP contribution >= 0.6 is 31.9 Å². The normalized spacial score (nSPS) is 47.7. The lowest BCUT2D eigenvalue weighted by molar-refractivity contribution is -0.0638. The van der Waals surface area contributed by atoms with Crippen molar-refractivity contribution in [1.82, 2.24) is 0 Å². The van der Waals surface area contributed by atoms with Crippen LogP contribution in [0, 0.1) is 23.7 Å². The topological polar surface area (TPSA) is 0 Å². The van der Waals surface area contributed by atoms with Crippen molar-refractivity contribution >= 4 is 31.9 Å². The van der Waals surface area contributed by atoms with Gasteiger partial charge in [0.25, 0.3) is 0 Å². The summed E-state index contributed by atoms with van der Waals surface area (Å²) in [6, 6.07) is 0. The second-order valence-electron chi connectivity index (χ2n) is 8.70. The molecule has 2 heteroatoms. The van der Waals surface area contributed by atoms with Crippen molar-refractivity contribution < 1.29 is 0 Å². The van der Waals surface area contributed by atoms with Gasteiger partial charge in [0.1, 0.15) is 0 Å². The van der Waals surface area contributed by atoms with Crippen LogP contribution in [0.2, 0.25) is 0 Å². The van der Waals surface area contributed by atoms with Crippen molar-refractivity contribution in [2.24, 2.45) is 23.7 Å². The molecular formula is C20H32Br2. The van der Waals surface area contributed by atoms with Gasteiger partial charge < -0.3 is 0 Å². The highest BCUT2D eigenvalue weighted by Gasteiger charge is 2.73. The number of hydrogen-bond acceptors (Lipinski definition) is 0. The first-order valence-corrected chi connectivity index (χ1v) is 11.7. The second kappa shape index (κ2) is 6.36. The lowest BCUT2D eigenvalue weighted by Crippen LogP contribution is -2.75. The molecule has 4 rings (SSSR count). The molecule has 0 spiro atoms. The minimum Gasteiger partial charge on any atom is -0.0832 e. The molecule has 0 aliphatic heterocycles. The lowest BCUT2D eigenvalue weighted by Gasteiger charge is -2.72. The standard InChI is InChI=1S/C20H32Br2/c21-19(15-9-3-1-4-10-15)17-13-7-8-14-18(17)20(19,22)16-11-5-2-6-12-16/h15-18H,1-14H2. The largest absolute Gasteiger partial charge is 0.0832 e. The molecule has 0 radical (unpaired) electrons. The van der Waals surface area contributed by atoms with E-state index in [0.717, 1.165) is 23.7 Å².